The van der Waals surface area contributed by atoms with E-state index in [4.69, 9.17) is 0 Å². The zero-order valence-electron chi connectivity index (χ0n) is 10.9. The predicted octanol–water partition coefficient (Wildman–Crippen LogP) is 2.13. The van der Waals surface area contributed by atoms with Crippen LogP contribution in [0.5, 0.6) is 0 Å². The number of carboxylic acid groups (broad SMARTS) is 1. The largest absolute Gasteiger partial charge is 0.480 e. The molecule has 0 radical (unpaired) electrons. The highest BCUT2D eigenvalue weighted by atomic mass is 32.1. The fourth-order valence-corrected chi connectivity index (χ4v) is 3.11. The number of aliphatic carboxylic acids is 1. The van der Waals surface area contributed by atoms with Gasteiger partial charge < -0.3 is 10.0 Å². The molecule has 0 spiro atoms. The van der Waals surface area contributed by atoms with Gasteiger partial charge in [-0.05, 0) is 32.3 Å². The van der Waals surface area contributed by atoms with Crippen molar-refractivity contribution in [1.29, 1.82) is 0 Å². The van der Waals surface area contributed by atoms with Crippen LogP contribution in [0.25, 0.3) is 0 Å². The van der Waals surface area contributed by atoms with E-state index in [9.17, 15) is 24.8 Å². The van der Waals surface area contributed by atoms with E-state index in [1.807, 2.05) is 0 Å². The molecule has 20 heavy (non-hydrogen) atoms. The highest BCUT2D eigenvalue weighted by molar-refractivity contribution is 7.17. The topological polar surface area (TPSA) is 101 Å². The van der Waals surface area contributed by atoms with Crippen molar-refractivity contribution in [2.45, 2.75) is 31.7 Å². The molecule has 108 valence electrons. The molecule has 0 bridgehead atoms. The van der Waals surface area contributed by atoms with Gasteiger partial charge in [0.1, 0.15) is 5.54 Å². The second-order valence-electron chi connectivity index (χ2n) is 4.89. The van der Waals surface area contributed by atoms with E-state index in [1.165, 1.54) is 24.0 Å². The van der Waals surface area contributed by atoms with Gasteiger partial charge >= 0.3 is 11.0 Å². The fourth-order valence-electron chi connectivity index (χ4n) is 2.34. The first-order chi connectivity index (χ1) is 9.36. The van der Waals surface area contributed by atoms with E-state index in [1.54, 1.807) is 0 Å². The molecule has 1 fully saturated rings. The molecule has 1 aromatic rings. The molecule has 1 aromatic heterocycles. The summed E-state index contributed by atoms with van der Waals surface area (Å²) < 4.78 is 0. The van der Waals surface area contributed by atoms with Gasteiger partial charge in [0, 0.05) is 12.6 Å². The number of amides is 1. The van der Waals surface area contributed by atoms with E-state index >= 15 is 0 Å². The third kappa shape index (κ3) is 2.38. The number of carbonyl (C=O) groups is 2. The second-order valence-corrected chi connectivity index (χ2v) is 5.95. The summed E-state index contributed by atoms with van der Waals surface area (Å²) in [7, 11) is 0. The molecule has 2 rings (SSSR count). The van der Waals surface area contributed by atoms with Gasteiger partial charge in [0.05, 0.1) is 9.80 Å². The number of carboxylic acids is 1. The lowest BCUT2D eigenvalue weighted by atomic mass is 9.88. The maximum atomic E-state index is 12.4. The Bertz CT molecular complexity index is 570. The van der Waals surface area contributed by atoms with Crippen molar-refractivity contribution in [3.63, 3.8) is 0 Å². The summed E-state index contributed by atoms with van der Waals surface area (Å²) in [5, 5.41) is 19.9. The summed E-state index contributed by atoms with van der Waals surface area (Å²) >= 11 is 0.772. The first-order valence-electron chi connectivity index (χ1n) is 6.16. The third-order valence-corrected chi connectivity index (χ3v) is 4.60. The van der Waals surface area contributed by atoms with Gasteiger partial charge in [-0.2, -0.15) is 0 Å². The molecule has 0 aromatic carbocycles. The molecular weight excluding hydrogens is 284 g/mol. The van der Waals surface area contributed by atoms with Crippen molar-refractivity contribution in [2.24, 2.45) is 0 Å². The smallest absolute Gasteiger partial charge is 0.329 e. The zero-order chi connectivity index (χ0) is 14.9. The first kappa shape index (κ1) is 14.4. The van der Waals surface area contributed by atoms with Gasteiger partial charge in [-0.15, -0.1) is 0 Å². The second kappa shape index (κ2) is 5.20. The van der Waals surface area contributed by atoms with Gasteiger partial charge in [-0.25, -0.2) is 4.79 Å². The summed E-state index contributed by atoms with van der Waals surface area (Å²) in [6, 6.07) is 2.64. The molecule has 1 aliphatic heterocycles. The lowest BCUT2D eigenvalue weighted by Gasteiger charge is -2.41. The number of carbonyl (C=O) groups excluding carboxylic acids is 1. The number of likely N-dealkylation sites (tertiary alicyclic amines) is 1. The molecule has 1 aliphatic rings. The Labute approximate surface area is 119 Å². The lowest BCUT2D eigenvalue weighted by molar-refractivity contribution is -0.380. The van der Waals surface area contributed by atoms with Gasteiger partial charge in [0.2, 0.25) is 0 Å². The average Bonchev–Trinajstić information content (AvgIpc) is 2.88. The molecule has 1 amide bonds. The molecule has 1 atom stereocenters. The summed E-state index contributed by atoms with van der Waals surface area (Å²) in [5.74, 6) is -1.50. The number of hydrogen-bond acceptors (Lipinski definition) is 5. The monoisotopic (exact) mass is 298 g/mol. The lowest BCUT2D eigenvalue weighted by Crippen LogP contribution is -2.57. The molecule has 8 heteroatoms. The van der Waals surface area contributed by atoms with Gasteiger partial charge in [-0.3, -0.25) is 14.9 Å². The highest BCUT2D eigenvalue weighted by Crippen LogP contribution is 2.32. The van der Waals surface area contributed by atoms with Crippen LogP contribution in [0.2, 0.25) is 0 Å². The van der Waals surface area contributed by atoms with Crippen LogP contribution in [0, 0.1) is 10.1 Å². The van der Waals surface area contributed by atoms with Crippen molar-refractivity contribution >= 4 is 28.2 Å². The number of hydrogen-bond donors (Lipinski definition) is 1. The number of rotatable bonds is 3. The quantitative estimate of drug-likeness (QED) is 0.680. The Hall–Kier alpha value is -1.96. The van der Waals surface area contributed by atoms with E-state index in [0.29, 0.717) is 13.0 Å². The fraction of sp³-hybridized carbons (Fsp3) is 0.500. The SMILES string of the molecule is CC1(C(=O)O)CCCCN1C(=O)c1ccc([N+](=O)[O-])s1. The standard InChI is InChI=1S/C12H14N2O5S/c1-12(11(16)17)6-2-3-7-13(12)10(15)8-4-5-9(20-8)14(18)19/h4-5H,2-3,6-7H2,1H3,(H,16,17). The third-order valence-electron chi connectivity index (χ3n) is 3.58. The summed E-state index contributed by atoms with van der Waals surface area (Å²) in [6.45, 7) is 1.88. The minimum Gasteiger partial charge on any atom is -0.480 e. The van der Waals surface area contributed by atoms with Gasteiger partial charge in [0.25, 0.3) is 5.91 Å². The van der Waals surface area contributed by atoms with Crippen LogP contribution in [-0.4, -0.2) is 38.9 Å². The van der Waals surface area contributed by atoms with E-state index < -0.39 is 22.3 Å². The highest BCUT2D eigenvalue weighted by Gasteiger charge is 2.44. The van der Waals surface area contributed by atoms with E-state index in [-0.39, 0.29) is 9.88 Å². The van der Waals surface area contributed by atoms with Crippen LogP contribution in [-0.2, 0) is 4.79 Å². The molecule has 1 unspecified atom stereocenters. The zero-order valence-corrected chi connectivity index (χ0v) is 11.7. The Morgan fingerprint density at radius 3 is 2.70 bits per heavy atom. The van der Waals surface area contributed by atoms with E-state index in [2.05, 4.69) is 0 Å². The number of nitrogens with zero attached hydrogens (tertiary/aromatic N) is 2. The summed E-state index contributed by atoms with van der Waals surface area (Å²) in [5.41, 5.74) is -1.24. The van der Waals surface area contributed by atoms with Crippen LogP contribution < -0.4 is 0 Å². The average molecular weight is 298 g/mol. The Morgan fingerprint density at radius 2 is 2.15 bits per heavy atom. The maximum absolute atomic E-state index is 12.4. The van der Waals surface area contributed by atoms with Crippen LogP contribution >= 0.6 is 11.3 Å². The predicted molar refractivity (Wildman–Crippen MR) is 71.9 cm³/mol. The molecule has 2 heterocycles. The summed E-state index contributed by atoms with van der Waals surface area (Å²) in [6.07, 6.45) is 1.88. The molecule has 0 aliphatic carbocycles. The minimum atomic E-state index is -1.24. The number of piperidine rings is 1. The van der Waals surface area contributed by atoms with Crippen molar-refractivity contribution in [2.75, 3.05) is 6.54 Å². The molecular formula is C12H14N2O5S. The Balaban J connectivity index is 2.30. The summed E-state index contributed by atoms with van der Waals surface area (Å²) in [4.78, 5) is 35.4. The van der Waals surface area contributed by atoms with Crippen molar-refractivity contribution in [3.8, 4) is 0 Å². The minimum absolute atomic E-state index is 0.123. The molecule has 0 saturated carbocycles. The van der Waals surface area contributed by atoms with E-state index in [0.717, 1.165) is 24.2 Å². The maximum Gasteiger partial charge on any atom is 0.329 e. The first-order valence-corrected chi connectivity index (χ1v) is 6.97. The normalized spacial score (nSPS) is 22.6. The number of thiophene rings is 1. The van der Waals surface area contributed by atoms with Crippen molar-refractivity contribution in [1.82, 2.24) is 4.90 Å². The van der Waals surface area contributed by atoms with Crippen LogP contribution in [0.4, 0.5) is 5.00 Å². The van der Waals surface area contributed by atoms with Gasteiger partial charge in [0.15, 0.2) is 0 Å². The number of nitro groups is 1. The van der Waals surface area contributed by atoms with Crippen LogP contribution in [0.3, 0.4) is 0 Å². The van der Waals surface area contributed by atoms with Crippen LogP contribution in [0.1, 0.15) is 35.9 Å². The molecule has 7 nitrogen and oxygen atoms in total. The van der Waals surface area contributed by atoms with Crippen molar-refractivity contribution in [3.05, 3.63) is 27.1 Å². The molecule has 1 saturated heterocycles. The van der Waals surface area contributed by atoms with Crippen molar-refractivity contribution < 1.29 is 19.6 Å². The molecule has 1 N–H and O–H groups in total. The van der Waals surface area contributed by atoms with Crippen LogP contribution in [0.15, 0.2) is 12.1 Å². The van der Waals surface area contributed by atoms with Gasteiger partial charge in [-0.1, -0.05) is 11.3 Å². The Morgan fingerprint density at radius 1 is 1.45 bits per heavy atom. The Kier molecular flexibility index (Phi) is 3.76.